The van der Waals surface area contributed by atoms with Gasteiger partial charge in [0.1, 0.15) is 0 Å². The van der Waals surface area contributed by atoms with Crippen molar-refractivity contribution in [3.05, 3.63) is 265 Å². The molecule has 2 nitrogen and oxygen atoms in total. The fourth-order valence-corrected chi connectivity index (χ4v) is 10.6. The molecule has 0 bridgehead atoms. The van der Waals surface area contributed by atoms with Crippen molar-refractivity contribution in [3.63, 3.8) is 0 Å². The number of fused-ring (bicyclic) bond motifs is 6. The largest absolute Gasteiger partial charge is 0.310 e. The van der Waals surface area contributed by atoms with Gasteiger partial charge in [-0.1, -0.05) is 194 Å². The predicted molar refractivity (Wildman–Crippen MR) is 276 cm³/mol. The van der Waals surface area contributed by atoms with Crippen LogP contribution in [0.4, 0.5) is 5.69 Å². The molecule has 2 unspecified atom stereocenters. The van der Waals surface area contributed by atoms with E-state index < -0.39 is 0 Å². The van der Waals surface area contributed by atoms with Gasteiger partial charge in [-0.05, 0) is 135 Å². The summed E-state index contributed by atoms with van der Waals surface area (Å²) in [6, 6.07) is 68.9. The van der Waals surface area contributed by atoms with Crippen LogP contribution in [-0.4, -0.2) is 4.57 Å². The molecule has 8 aromatic carbocycles. The minimum Gasteiger partial charge on any atom is -0.310 e. The second kappa shape index (κ2) is 16.6. The summed E-state index contributed by atoms with van der Waals surface area (Å²) in [4.78, 5) is 2.50. The van der Waals surface area contributed by atoms with Gasteiger partial charge in [0.2, 0.25) is 0 Å². The van der Waals surface area contributed by atoms with E-state index >= 15 is 0 Å². The number of aromatic nitrogens is 1. The molecule has 0 N–H and O–H groups in total. The lowest BCUT2D eigenvalue weighted by molar-refractivity contribution is 0.507. The molecular weight excluding hydrogens is 785 g/mol. The summed E-state index contributed by atoms with van der Waals surface area (Å²) in [6.45, 7) is 0. The number of para-hydroxylation sites is 1. The summed E-state index contributed by atoms with van der Waals surface area (Å²) >= 11 is 0. The van der Waals surface area contributed by atoms with Crippen LogP contribution in [0.25, 0.3) is 72.0 Å². The maximum Gasteiger partial charge on any atom is 0.0537 e. The molecule has 310 valence electrons. The Morgan fingerprint density at radius 2 is 1.06 bits per heavy atom. The molecular formula is C63H48N2. The van der Waals surface area contributed by atoms with Gasteiger partial charge in [-0.2, -0.15) is 0 Å². The number of anilines is 1. The molecule has 2 atom stereocenters. The zero-order valence-electron chi connectivity index (χ0n) is 36.3. The van der Waals surface area contributed by atoms with Gasteiger partial charge in [0, 0.05) is 28.0 Å². The number of benzene rings is 8. The number of nitrogens with zero attached hydrogens (tertiary/aromatic N) is 2. The first-order valence-corrected chi connectivity index (χ1v) is 23.0. The van der Waals surface area contributed by atoms with Crippen molar-refractivity contribution < 1.29 is 0 Å². The number of hydrogen-bond donors (Lipinski definition) is 0. The lowest BCUT2D eigenvalue weighted by atomic mass is 9.76. The first-order chi connectivity index (χ1) is 32.2. The van der Waals surface area contributed by atoms with Crippen molar-refractivity contribution in [2.45, 2.75) is 25.2 Å². The van der Waals surface area contributed by atoms with E-state index in [1.54, 1.807) is 0 Å². The molecule has 1 heterocycles. The minimum atomic E-state index is 0.289. The SMILES string of the molecule is C1=CC(c2ccccc2)=C(N(C2=CC(C3CC=Cc4c3c3ccccc3n4-c3ccc4c(ccc5ccccc54)c3)CC=C2)c2ccc(-c3ccc(-c4ccccc4)cc3)cc2)C=CC1. The molecule has 0 fully saturated rings. The van der Waals surface area contributed by atoms with Crippen LogP contribution in [0.15, 0.2) is 248 Å². The van der Waals surface area contributed by atoms with Gasteiger partial charge >= 0.3 is 0 Å². The summed E-state index contributed by atoms with van der Waals surface area (Å²) in [5, 5.41) is 6.46. The van der Waals surface area contributed by atoms with Crippen molar-refractivity contribution in [2.24, 2.45) is 5.92 Å². The van der Waals surface area contributed by atoms with E-state index in [-0.39, 0.29) is 5.92 Å². The van der Waals surface area contributed by atoms with Gasteiger partial charge in [-0.25, -0.2) is 0 Å². The fourth-order valence-electron chi connectivity index (χ4n) is 10.6. The van der Waals surface area contributed by atoms with Crippen molar-refractivity contribution in [1.29, 1.82) is 0 Å². The van der Waals surface area contributed by atoms with E-state index in [9.17, 15) is 0 Å². The van der Waals surface area contributed by atoms with Gasteiger partial charge in [0.05, 0.1) is 16.9 Å². The second-order valence-corrected chi connectivity index (χ2v) is 17.5. The highest BCUT2D eigenvalue weighted by atomic mass is 15.2. The molecule has 0 radical (unpaired) electrons. The second-order valence-electron chi connectivity index (χ2n) is 17.5. The van der Waals surface area contributed by atoms with Crippen LogP contribution in [0.2, 0.25) is 0 Å². The number of allylic oxidation sites excluding steroid dienone is 9. The standard InChI is InChI=1S/C63H48N2/c1-4-16-44(17-5-1)45-30-32-46(33-31-45)47-36-38-52(39-37-47)64(60-27-9-3-8-24-57(60)48-18-6-2-7-19-48)53-22-14-21-50(42-53)58-26-15-29-62-63(58)59-25-12-13-28-61(59)65(62)54-40-41-56-51(43-54)35-34-49-20-10-11-23-55(49)56/h1-2,4-20,22-25,27-43,50,58H,3,21,26H2. The first kappa shape index (κ1) is 38.7. The van der Waals surface area contributed by atoms with Crippen LogP contribution in [-0.2, 0) is 0 Å². The van der Waals surface area contributed by atoms with E-state index in [0.717, 1.165) is 24.9 Å². The molecule has 65 heavy (non-hydrogen) atoms. The van der Waals surface area contributed by atoms with Gasteiger partial charge in [0.15, 0.2) is 0 Å². The molecule has 2 heteroatoms. The van der Waals surface area contributed by atoms with Crippen molar-refractivity contribution in [1.82, 2.24) is 4.57 Å². The minimum absolute atomic E-state index is 0.289. The molecule has 0 saturated heterocycles. The van der Waals surface area contributed by atoms with Crippen LogP contribution in [0.5, 0.6) is 0 Å². The molecule has 0 aliphatic heterocycles. The van der Waals surface area contributed by atoms with Crippen molar-refractivity contribution >= 4 is 49.8 Å². The lowest BCUT2D eigenvalue weighted by Gasteiger charge is -2.34. The fraction of sp³-hybridized carbons (Fsp3) is 0.0794. The van der Waals surface area contributed by atoms with Gasteiger partial charge in [0.25, 0.3) is 0 Å². The summed E-state index contributed by atoms with van der Waals surface area (Å²) in [7, 11) is 0. The van der Waals surface area contributed by atoms with Gasteiger partial charge < -0.3 is 9.47 Å². The van der Waals surface area contributed by atoms with Crippen LogP contribution in [0, 0.1) is 5.92 Å². The Morgan fingerprint density at radius 3 is 1.85 bits per heavy atom. The van der Waals surface area contributed by atoms with Crippen molar-refractivity contribution in [2.75, 3.05) is 4.90 Å². The molecule has 3 aliphatic carbocycles. The lowest BCUT2D eigenvalue weighted by Crippen LogP contribution is -2.25. The van der Waals surface area contributed by atoms with Gasteiger partial charge in [-0.3, -0.25) is 0 Å². The average molecular weight is 833 g/mol. The summed E-state index contributed by atoms with van der Waals surface area (Å²) in [5.41, 5.74) is 16.0. The monoisotopic (exact) mass is 832 g/mol. The van der Waals surface area contributed by atoms with Crippen LogP contribution >= 0.6 is 0 Å². The topological polar surface area (TPSA) is 8.17 Å². The van der Waals surface area contributed by atoms with E-state index in [4.69, 9.17) is 0 Å². The average Bonchev–Trinajstić information content (AvgIpc) is 3.53. The van der Waals surface area contributed by atoms with E-state index in [1.807, 2.05) is 0 Å². The third kappa shape index (κ3) is 7.09. The quantitative estimate of drug-likeness (QED) is 0.139. The Kier molecular flexibility index (Phi) is 9.91. The zero-order chi connectivity index (χ0) is 43.1. The van der Waals surface area contributed by atoms with E-state index in [0.29, 0.717) is 5.92 Å². The number of rotatable bonds is 8. The molecule has 3 aliphatic rings. The number of hydrogen-bond acceptors (Lipinski definition) is 1. The molecule has 1 aromatic heterocycles. The van der Waals surface area contributed by atoms with E-state index in [1.165, 1.54) is 94.2 Å². The Labute approximate surface area is 381 Å². The molecule has 0 amide bonds. The van der Waals surface area contributed by atoms with Crippen LogP contribution in [0.1, 0.15) is 42.0 Å². The van der Waals surface area contributed by atoms with Crippen molar-refractivity contribution in [3.8, 4) is 27.9 Å². The third-order valence-electron chi connectivity index (χ3n) is 13.7. The van der Waals surface area contributed by atoms with Gasteiger partial charge in [-0.15, -0.1) is 0 Å². The Morgan fingerprint density at radius 1 is 0.446 bits per heavy atom. The Bertz CT molecular complexity index is 3430. The summed E-state index contributed by atoms with van der Waals surface area (Å²) in [6.07, 6.45) is 24.2. The Balaban J connectivity index is 0.956. The molecule has 9 aromatic rings. The summed E-state index contributed by atoms with van der Waals surface area (Å²) in [5.74, 6) is 0.595. The predicted octanol–water partition coefficient (Wildman–Crippen LogP) is 16.7. The van der Waals surface area contributed by atoms with Crippen LogP contribution in [0.3, 0.4) is 0 Å². The Hall–Kier alpha value is -7.94. The zero-order valence-corrected chi connectivity index (χ0v) is 36.3. The highest BCUT2D eigenvalue weighted by Crippen LogP contribution is 2.47. The molecule has 0 saturated carbocycles. The van der Waals surface area contributed by atoms with E-state index in [2.05, 4.69) is 252 Å². The molecule has 0 spiro atoms. The van der Waals surface area contributed by atoms with Crippen LogP contribution < -0.4 is 4.90 Å². The smallest absolute Gasteiger partial charge is 0.0537 e. The maximum atomic E-state index is 2.58. The third-order valence-corrected chi connectivity index (χ3v) is 13.7. The highest BCUT2D eigenvalue weighted by Gasteiger charge is 2.32. The molecule has 12 rings (SSSR count). The normalized spacial score (nSPS) is 16.8. The maximum absolute atomic E-state index is 2.58. The first-order valence-electron chi connectivity index (χ1n) is 23.0. The highest BCUT2D eigenvalue weighted by molar-refractivity contribution is 6.08. The summed E-state index contributed by atoms with van der Waals surface area (Å²) < 4.78 is 2.51.